The molecule has 38 heavy (non-hydrogen) atoms. The van der Waals surface area contributed by atoms with E-state index in [1.54, 1.807) is 36.5 Å². The minimum Gasteiger partial charge on any atom is -0.461 e. The third kappa shape index (κ3) is 6.18. The van der Waals surface area contributed by atoms with Gasteiger partial charge >= 0.3 is 6.18 Å². The summed E-state index contributed by atoms with van der Waals surface area (Å²) in [4.78, 5) is 34.9. The molecule has 10 heteroatoms. The van der Waals surface area contributed by atoms with Gasteiger partial charge in [0.15, 0.2) is 5.78 Å². The average molecular weight is 542 g/mol. The van der Waals surface area contributed by atoms with Crippen molar-refractivity contribution in [3.8, 4) is 11.3 Å². The molecule has 2 aliphatic heterocycles. The molecule has 3 aromatic rings. The van der Waals surface area contributed by atoms with Crippen molar-refractivity contribution < 1.29 is 27.2 Å². The fourth-order valence-electron chi connectivity index (χ4n) is 4.86. The Bertz CT molecular complexity index is 1360. The van der Waals surface area contributed by atoms with E-state index in [2.05, 4.69) is 14.9 Å². The van der Waals surface area contributed by atoms with Crippen molar-refractivity contribution in [2.24, 2.45) is 5.92 Å². The van der Waals surface area contributed by atoms with Crippen LogP contribution < -0.4 is 4.90 Å². The maximum Gasteiger partial charge on any atom is 0.417 e. The molecule has 0 unspecified atom stereocenters. The molecule has 0 N–H and O–H groups in total. The van der Waals surface area contributed by atoms with Crippen LogP contribution in [0.1, 0.15) is 49.1 Å². The maximum atomic E-state index is 13.3. The number of carbonyl (C=O) groups excluding carboxylic acids is 2. The number of Topliss-reactive ketones (excluding diaryl/α,β-unsaturated/α-hetero) is 1. The van der Waals surface area contributed by atoms with Crippen molar-refractivity contribution >= 4 is 34.7 Å². The minimum atomic E-state index is -4.43. The molecule has 2 fully saturated rings. The fourth-order valence-corrected chi connectivity index (χ4v) is 5.68. The molecule has 2 aliphatic rings. The van der Waals surface area contributed by atoms with Gasteiger partial charge in [-0.05, 0) is 73.7 Å². The zero-order valence-electron chi connectivity index (χ0n) is 20.5. The number of halogens is 3. The summed E-state index contributed by atoms with van der Waals surface area (Å²) in [5, 5.41) is -0.142. The van der Waals surface area contributed by atoms with Gasteiger partial charge in [-0.25, -0.2) is 9.97 Å². The standard InChI is InChI=1S/C28H26F3N3O3S/c29-28(30,31)22-7-2-1-6-21(22)24-9-8-20(37-24)5-3-4-18-11-14-34(15-12-18)27-32-13-10-19(33-27)16-25-23(35)17-26(36)38-25/h1-2,6-10,13,16,18H,3-5,11-12,14-15,17H2/b25-16-. The Balaban J connectivity index is 1.11. The van der Waals surface area contributed by atoms with Crippen LogP contribution in [0.25, 0.3) is 17.4 Å². The molecule has 0 aliphatic carbocycles. The van der Waals surface area contributed by atoms with Crippen LogP contribution in [-0.4, -0.2) is 34.0 Å². The Hall–Kier alpha value is -3.40. The first-order valence-electron chi connectivity index (χ1n) is 12.5. The molecule has 0 radical (unpaired) electrons. The lowest BCUT2D eigenvalue weighted by molar-refractivity contribution is -0.137. The van der Waals surface area contributed by atoms with Crippen molar-refractivity contribution in [2.75, 3.05) is 18.0 Å². The monoisotopic (exact) mass is 541 g/mol. The van der Waals surface area contributed by atoms with E-state index in [0.29, 0.717) is 34.6 Å². The van der Waals surface area contributed by atoms with Gasteiger partial charge in [0.25, 0.3) is 0 Å². The van der Waals surface area contributed by atoms with Crippen LogP contribution in [-0.2, 0) is 22.2 Å². The van der Waals surface area contributed by atoms with E-state index in [1.807, 2.05) is 0 Å². The number of nitrogens with zero attached hydrogens (tertiary/aromatic N) is 3. The van der Waals surface area contributed by atoms with Gasteiger partial charge in [-0.3, -0.25) is 9.59 Å². The van der Waals surface area contributed by atoms with Gasteiger partial charge in [-0.1, -0.05) is 18.2 Å². The van der Waals surface area contributed by atoms with Crippen LogP contribution in [0.3, 0.4) is 0 Å². The molecular formula is C28H26F3N3O3S. The Morgan fingerprint density at radius 3 is 2.61 bits per heavy atom. The molecule has 2 aromatic heterocycles. The van der Waals surface area contributed by atoms with E-state index in [9.17, 15) is 22.8 Å². The summed E-state index contributed by atoms with van der Waals surface area (Å²) in [6.07, 6.45) is 3.36. The Kier molecular flexibility index (Phi) is 7.69. The first-order valence-corrected chi connectivity index (χ1v) is 13.4. The number of aromatic nitrogens is 2. The molecule has 0 saturated carbocycles. The highest BCUT2D eigenvalue weighted by Gasteiger charge is 2.34. The highest BCUT2D eigenvalue weighted by atomic mass is 32.2. The summed E-state index contributed by atoms with van der Waals surface area (Å²) in [7, 11) is 0. The third-order valence-electron chi connectivity index (χ3n) is 6.84. The van der Waals surface area contributed by atoms with Crippen LogP contribution in [0.2, 0.25) is 0 Å². The summed E-state index contributed by atoms with van der Waals surface area (Å²) < 4.78 is 45.8. The molecule has 0 bridgehead atoms. The van der Waals surface area contributed by atoms with Gasteiger partial charge in [0.05, 0.1) is 22.6 Å². The van der Waals surface area contributed by atoms with E-state index in [-0.39, 0.29) is 28.6 Å². The van der Waals surface area contributed by atoms with Gasteiger partial charge in [0.2, 0.25) is 11.1 Å². The van der Waals surface area contributed by atoms with Gasteiger partial charge in [-0.15, -0.1) is 0 Å². The topological polar surface area (TPSA) is 76.3 Å². The molecule has 0 spiro atoms. The van der Waals surface area contributed by atoms with Gasteiger partial charge in [-0.2, -0.15) is 13.2 Å². The fraction of sp³-hybridized carbons (Fsp3) is 0.357. The molecular weight excluding hydrogens is 515 g/mol. The molecule has 0 atom stereocenters. The van der Waals surface area contributed by atoms with Gasteiger partial charge in [0, 0.05) is 31.3 Å². The highest BCUT2D eigenvalue weighted by Crippen LogP contribution is 2.38. The van der Waals surface area contributed by atoms with E-state index in [0.717, 1.165) is 56.6 Å². The second-order valence-corrected chi connectivity index (χ2v) is 10.6. The number of aryl methyl sites for hydroxylation is 1. The summed E-state index contributed by atoms with van der Waals surface area (Å²) in [5.41, 5.74) is -0.0265. The molecule has 6 nitrogen and oxygen atoms in total. The lowest BCUT2D eigenvalue weighted by Crippen LogP contribution is -2.35. The molecule has 5 rings (SSSR count). The van der Waals surface area contributed by atoms with E-state index < -0.39 is 11.7 Å². The number of benzene rings is 1. The number of piperidine rings is 1. The highest BCUT2D eigenvalue weighted by molar-refractivity contribution is 8.18. The number of thioether (sulfide) groups is 1. The van der Waals surface area contributed by atoms with Gasteiger partial charge < -0.3 is 9.32 Å². The number of carbonyl (C=O) groups is 2. The molecule has 1 aromatic carbocycles. The van der Waals surface area contributed by atoms with Crippen LogP contribution in [0.15, 0.2) is 58.0 Å². The predicted molar refractivity (Wildman–Crippen MR) is 139 cm³/mol. The zero-order chi connectivity index (χ0) is 26.7. The quantitative estimate of drug-likeness (QED) is 0.247. The number of alkyl halides is 3. The van der Waals surface area contributed by atoms with Crippen LogP contribution >= 0.6 is 11.8 Å². The SMILES string of the molecule is O=C1CC(=O)/C(=C/c2ccnc(N3CCC(CCCc4ccc(-c5ccccc5C(F)(F)F)o4)CC3)n2)S1. The summed E-state index contributed by atoms with van der Waals surface area (Å²) >= 11 is 0.965. The van der Waals surface area contributed by atoms with Crippen molar-refractivity contribution in [2.45, 2.75) is 44.7 Å². The first-order chi connectivity index (χ1) is 18.3. The average Bonchev–Trinajstić information content (AvgIpc) is 3.49. The Morgan fingerprint density at radius 1 is 1.08 bits per heavy atom. The van der Waals surface area contributed by atoms with Crippen LogP contribution in [0, 0.1) is 5.92 Å². The van der Waals surface area contributed by atoms with E-state index in [1.165, 1.54) is 12.1 Å². The lowest BCUT2D eigenvalue weighted by atomic mass is 9.91. The lowest BCUT2D eigenvalue weighted by Gasteiger charge is -2.32. The molecule has 0 amide bonds. The van der Waals surface area contributed by atoms with E-state index >= 15 is 0 Å². The number of ketones is 1. The summed E-state index contributed by atoms with van der Waals surface area (Å²) in [6, 6.07) is 10.6. The number of furan rings is 1. The van der Waals surface area contributed by atoms with Crippen molar-refractivity contribution in [1.29, 1.82) is 0 Å². The predicted octanol–water partition coefficient (Wildman–Crippen LogP) is 6.57. The van der Waals surface area contributed by atoms with E-state index in [4.69, 9.17) is 4.42 Å². The van der Waals surface area contributed by atoms with Crippen molar-refractivity contribution in [3.63, 3.8) is 0 Å². The summed E-state index contributed by atoms with van der Waals surface area (Å²) in [6.45, 7) is 1.63. The van der Waals surface area contributed by atoms with Crippen LogP contribution in [0.4, 0.5) is 19.1 Å². The molecule has 198 valence electrons. The van der Waals surface area contributed by atoms with Gasteiger partial charge in [0.1, 0.15) is 11.5 Å². The maximum absolute atomic E-state index is 13.3. The van der Waals surface area contributed by atoms with Crippen LogP contribution in [0.5, 0.6) is 0 Å². The van der Waals surface area contributed by atoms with Crippen molar-refractivity contribution in [1.82, 2.24) is 9.97 Å². The molecule has 4 heterocycles. The number of hydrogen-bond acceptors (Lipinski definition) is 7. The number of hydrogen-bond donors (Lipinski definition) is 0. The Morgan fingerprint density at radius 2 is 1.87 bits per heavy atom. The normalized spacial score (nSPS) is 18.1. The smallest absolute Gasteiger partial charge is 0.417 e. The van der Waals surface area contributed by atoms with Crippen molar-refractivity contribution in [3.05, 3.63) is 70.6 Å². The second-order valence-electron chi connectivity index (χ2n) is 9.50. The third-order valence-corrected chi connectivity index (χ3v) is 7.78. The minimum absolute atomic E-state index is 0.0585. The zero-order valence-corrected chi connectivity index (χ0v) is 21.4. The first kappa shape index (κ1) is 26.2. The summed E-state index contributed by atoms with van der Waals surface area (Å²) in [5.74, 6) is 1.91. The number of anilines is 1. The number of rotatable bonds is 7. The largest absolute Gasteiger partial charge is 0.461 e. The second kappa shape index (κ2) is 11.1. The number of allylic oxidation sites excluding steroid dienone is 1. The Labute approximate surface area is 222 Å². The molecule has 2 saturated heterocycles.